The van der Waals surface area contributed by atoms with E-state index >= 15 is 0 Å². The highest BCUT2D eigenvalue weighted by molar-refractivity contribution is 5.94. The summed E-state index contributed by atoms with van der Waals surface area (Å²) in [5.74, 6) is 0.997. The highest BCUT2D eigenvalue weighted by atomic mass is 16.6. The van der Waals surface area contributed by atoms with Crippen LogP contribution in [0.4, 0.5) is 0 Å². The Balaban J connectivity index is 2.22. The van der Waals surface area contributed by atoms with Crippen LogP contribution in [-0.4, -0.2) is 39.0 Å². The van der Waals surface area contributed by atoms with Gasteiger partial charge in [-0.25, -0.2) is 4.79 Å². The zero-order valence-electron chi connectivity index (χ0n) is 15.2. The summed E-state index contributed by atoms with van der Waals surface area (Å²) in [7, 11) is 1.64. The molecule has 5 nitrogen and oxygen atoms in total. The number of hydrogen-bond donors (Lipinski definition) is 0. The Morgan fingerprint density at radius 1 is 1.19 bits per heavy atom. The van der Waals surface area contributed by atoms with Gasteiger partial charge in [0.25, 0.3) is 0 Å². The Morgan fingerprint density at radius 3 is 2.58 bits per heavy atom. The van der Waals surface area contributed by atoms with Gasteiger partial charge in [0.1, 0.15) is 18.1 Å². The van der Waals surface area contributed by atoms with Crippen molar-refractivity contribution in [3.63, 3.8) is 0 Å². The molecule has 2 aromatic carbocycles. The number of ether oxygens (including phenoxy) is 4. The lowest BCUT2D eigenvalue weighted by molar-refractivity contribution is -0.147. The van der Waals surface area contributed by atoms with E-state index in [-0.39, 0.29) is 13.2 Å². The molecule has 0 spiro atoms. The van der Waals surface area contributed by atoms with E-state index in [2.05, 4.69) is 13.2 Å². The minimum absolute atomic E-state index is 0.161. The lowest BCUT2D eigenvalue weighted by Crippen LogP contribution is -2.29. The van der Waals surface area contributed by atoms with Gasteiger partial charge in [0.2, 0.25) is 0 Å². The van der Waals surface area contributed by atoms with Gasteiger partial charge in [-0.15, -0.1) is 6.58 Å². The van der Waals surface area contributed by atoms with Crippen molar-refractivity contribution in [2.24, 2.45) is 0 Å². The Bertz CT molecular complexity index is 781. The maximum absolute atomic E-state index is 11.5. The molecule has 2 aromatic rings. The molecule has 0 aromatic heterocycles. The van der Waals surface area contributed by atoms with Crippen molar-refractivity contribution in [1.82, 2.24) is 0 Å². The summed E-state index contributed by atoms with van der Waals surface area (Å²) < 4.78 is 22.2. The lowest BCUT2D eigenvalue weighted by atomic mass is 10.0. The minimum Gasteiger partial charge on any atom is -0.496 e. The van der Waals surface area contributed by atoms with Crippen LogP contribution in [0.5, 0.6) is 11.5 Å². The van der Waals surface area contributed by atoms with Gasteiger partial charge in [-0.3, -0.25) is 0 Å². The molecule has 0 bridgehead atoms. The highest BCUT2D eigenvalue weighted by Crippen LogP contribution is 2.36. The number of methoxy groups -OCH3 is 1. The molecule has 0 fully saturated rings. The predicted octanol–water partition coefficient (Wildman–Crippen LogP) is 3.84. The van der Waals surface area contributed by atoms with E-state index in [1.807, 2.05) is 37.3 Å². The molecule has 2 rings (SSSR count). The second kappa shape index (κ2) is 9.63. The predicted molar refractivity (Wildman–Crippen MR) is 102 cm³/mol. The average Bonchev–Trinajstić information content (AvgIpc) is 2.66. The zero-order valence-corrected chi connectivity index (χ0v) is 15.2. The van der Waals surface area contributed by atoms with E-state index in [0.717, 1.165) is 33.9 Å². The lowest BCUT2D eigenvalue weighted by Gasteiger charge is -2.20. The van der Waals surface area contributed by atoms with Crippen LogP contribution < -0.4 is 9.47 Å². The van der Waals surface area contributed by atoms with Gasteiger partial charge in [0, 0.05) is 16.8 Å². The number of hydrogen-bond acceptors (Lipinski definition) is 5. The van der Waals surface area contributed by atoms with Crippen molar-refractivity contribution in [2.45, 2.75) is 13.0 Å². The number of aryl methyl sites for hydroxylation is 1. The molecule has 0 saturated heterocycles. The molecule has 0 heterocycles. The Kier molecular flexibility index (Phi) is 7.24. The monoisotopic (exact) mass is 356 g/mol. The van der Waals surface area contributed by atoms with Crippen molar-refractivity contribution in [1.29, 1.82) is 0 Å². The van der Waals surface area contributed by atoms with Crippen LogP contribution >= 0.6 is 0 Å². The molecule has 26 heavy (non-hydrogen) atoms. The van der Waals surface area contributed by atoms with E-state index in [0.29, 0.717) is 6.61 Å². The number of esters is 1. The van der Waals surface area contributed by atoms with Gasteiger partial charge in [-0.05, 0) is 18.6 Å². The molecule has 0 aliphatic carbocycles. The minimum atomic E-state index is -0.555. The fourth-order valence-electron chi connectivity index (χ4n) is 2.60. The van der Waals surface area contributed by atoms with Gasteiger partial charge in [0.15, 0.2) is 6.10 Å². The van der Waals surface area contributed by atoms with Crippen LogP contribution in [0.3, 0.4) is 0 Å². The molecule has 0 radical (unpaired) electrons. The van der Waals surface area contributed by atoms with Crippen LogP contribution in [0, 0.1) is 6.92 Å². The van der Waals surface area contributed by atoms with Crippen molar-refractivity contribution in [2.75, 3.05) is 26.9 Å². The van der Waals surface area contributed by atoms with Crippen LogP contribution in [-0.2, 0) is 14.3 Å². The highest BCUT2D eigenvalue weighted by Gasteiger charge is 2.17. The fraction of sp³-hybridized carbons (Fsp3) is 0.286. The molecule has 0 aliphatic rings. The molecular formula is C21H24O5. The summed E-state index contributed by atoms with van der Waals surface area (Å²) in [5.41, 5.74) is 0.932. The number of benzene rings is 2. The summed E-state index contributed by atoms with van der Waals surface area (Å²) in [6.45, 7) is 9.70. The molecule has 0 saturated carbocycles. The Labute approximate surface area is 153 Å². The average molecular weight is 356 g/mol. The third-order valence-corrected chi connectivity index (χ3v) is 3.77. The van der Waals surface area contributed by atoms with Crippen LogP contribution in [0.2, 0.25) is 0 Å². The first-order valence-corrected chi connectivity index (χ1v) is 8.31. The van der Waals surface area contributed by atoms with Crippen molar-refractivity contribution in [3.8, 4) is 11.5 Å². The van der Waals surface area contributed by atoms with E-state index in [1.54, 1.807) is 13.2 Å². The maximum atomic E-state index is 11.5. The molecule has 1 atom stereocenters. The smallest absolute Gasteiger partial charge is 0.330 e. The van der Waals surface area contributed by atoms with Crippen LogP contribution in [0.1, 0.15) is 5.56 Å². The second-order valence-electron chi connectivity index (χ2n) is 5.67. The van der Waals surface area contributed by atoms with Gasteiger partial charge >= 0.3 is 5.97 Å². The van der Waals surface area contributed by atoms with Gasteiger partial charge in [0.05, 0.1) is 20.3 Å². The molecular weight excluding hydrogens is 332 g/mol. The quantitative estimate of drug-likeness (QED) is 0.280. The van der Waals surface area contributed by atoms with Crippen molar-refractivity contribution in [3.05, 3.63) is 61.2 Å². The SMILES string of the molecule is C=CCOCC(COc1c(C)cc(OC)c2ccccc12)OC(=O)C=C. The fourth-order valence-corrected chi connectivity index (χ4v) is 2.60. The summed E-state index contributed by atoms with van der Waals surface area (Å²) in [5, 5.41) is 1.89. The number of carbonyl (C=O) groups is 1. The first-order valence-electron chi connectivity index (χ1n) is 8.31. The molecule has 0 N–H and O–H groups in total. The molecule has 138 valence electrons. The summed E-state index contributed by atoms with van der Waals surface area (Å²) in [6, 6.07) is 9.76. The first kappa shape index (κ1) is 19.5. The summed E-state index contributed by atoms with van der Waals surface area (Å²) in [4.78, 5) is 11.5. The normalized spacial score (nSPS) is 11.6. The van der Waals surface area contributed by atoms with Gasteiger partial charge in [-0.1, -0.05) is 36.9 Å². The standard InChI is InChI=1S/C21H24O5/c1-5-11-24-13-16(26-20(22)6-2)14-25-21-15(3)12-19(23-4)17-9-7-8-10-18(17)21/h5-10,12,16H,1-2,11,13-14H2,3-4H3. The Morgan fingerprint density at radius 2 is 1.92 bits per heavy atom. The molecule has 1 unspecified atom stereocenters. The van der Waals surface area contributed by atoms with Crippen molar-refractivity contribution >= 4 is 16.7 Å². The maximum Gasteiger partial charge on any atom is 0.330 e. The van der Waals surface area contributed by atoms with Gasteiger partial charge < -0.3 is 18.9 Å². The summed E-state index contributed by atoms with van der Waals surface area (Å²) >= 11 is 0. The van der Waals surface area contributed by atoms with E-state index in [9.17, 15) is 4.79 Å². The van der Waals surface area contributed by atoms with E-state index < -0.39 is 12.1 Å². The van der Waals surface area contributed by atoms with E-state index in [1.165, 1.54) is 0 Å². The number of fused-ring (bicyclic) bond motifs is 1. The van der Waals surface area contributed by atoms with Gasteiger partial charge in [-0.2, -0.15) is 0 Å². The summed E-state index contributed by atoms with van der Waals surface area (Å²) in [6.07, 6.45) is 2.20. The molecule has 0 aliphatic heterocycles. The first-order chi connectivity index (χ1) is 12.6. The molecule has 5 heteroatoms. The Hall–Kier alpha value is -2.79. The number of carbonyl (C=O) groups excluding carboxylic acids is 1. The molecule has 0 amide bonds. The third-order valence-electron chi connectivity index (χ3n) is 3.77. The van der Waals surface area contributed by atoms with Crippen LogP contribution in [0.25, 0.3) is 10.8 Å². The van der Waals surface area contributed by atoms with E-state index in [4.69, 9.17) is 18.9 Å². The second-order valence-corrected chi connectivity index (χ2v) is 5.67. The zero-order chi connectivity index (χ0) is 18.9. The van der Waals surface area contributed by atoms with Crippen molar-refractivity contribution < 1.29 is 23.7 Å². The third kappa shape index (κ3) is 4.86. The largest absolute Gasteiger partial charge is 0.496 e. The topological polar surface area (TPSA) is 54.0 Å². The van der Waals surface area contributed by atoms with Crippen LogP contribution in [0.15, 0.2) is 55.6 Å². The number of rotatable bonds is 10.